The van der Waals surface area contributed by atoms with Crippen LogP contribution in [0.4, 0.5) is 5.69 Å². The molecule has 27 heavy (non-hydrogen) atoms. The fraction of sp³-hybridized carbons (Fsp3) is 0.0476. The van der Waals surface area contributed by atoms with Crippen LogP contribution in [0.5, 0.6) is 0 Å². The number of nitrogens with zero attached hydrogens (tertiary/aromatic N) is 1. The first-order valence-corrected chi connectivity index (χ1v) is 9.35. The zero-order valence-corrected chi connectivity index (χ0v) is 16.8. The molecule has 136 valence electrons. The lowest BCUT2D eigenvalue weighted by Gasteiger charge is -2.11. The normalized spacial score (nSPS) is 11.7. The number of hydrogen-bond acceptors (Lipinski definition) is 2. The quantitative estimate of drug-likeness (QED) is 0.240. The van der Waals surface area contributed by atoms with E-state index >= 15 is 0 Å². The summed E-state index contributed by atoms with van der Waals surface area (Å²) in [6, 6.07) is 18.2. The first-order valence-electron chi connectivity index (χ1n) is 8.19. The number of aromatic nitrogens is 1. The first-order chi connectivity index (χ1) is 13.0. The molecule has 0 fully saturated rings. The number of aliphatic hydroxyl groups excluding tert-OH is 1. The van der Waals surface area contributed by atoms with Crippen molar-refractivity contribution in [3.63, 3.8) is 0 Å². The van der Waals surface area contributed by atoms with Gasteiger partial charge >= 0.3 is 0 Å². The number of aliphatic hydroxyl groups is 1. The maximum Gasteiger partial charge on any atom is 0.288 e. The molecule has 0 spiro atoms. The molecule has 3 nitrogen and oxygen atoms in total. The molecule has 0 aliphatic rings. The smallest absolute Gasteiger partial charge is 0.288 e. The van der Waals surface area contributed by atoms with Gasteiger partial charge in [-0.25, -0.2) is 0 Å². The average molecular weight is 416 g/mol. The summed E-state index contributed by atoms with van der Waals surface area (Å²) >= 11 is 18.0. The summed E-state index contributed by atoms with van der Waals surface area (Å²) in [5.41, 5.74) is 2.66. The minimum atomic E-state index is -0.0178. The molecule has 0 bridgehead atoms. The van der Waals surface area contributed by atoms with Crippen molar-refractivity contribution in [1.29, 1.82) is 0 Å². The number of anilines is 1. The summed E-state index contributed by atoms with van der Waals surface area (Å²) in [5.74, 6) is -0.0178. The third-order valence-electron chi connectivity index (χ3n) is 3.86. The Balaban J connectivity index is 2.11. The van der Waals surface area contributed by atoms with Gasteiger partial charge in [0.25, 0.3) is 5.70 Å². The van der Waals surface area contributed by atoms with Crippen LogP contribution in [0.1, 0.15) is 11.1 Å². The van der Waals surface area contributed by atoms with Crippen molar-refractivity contribution in [3.05, 3.63) is 94.2 Å². The van der Waals surface area contributed by atoms with E-state index in [2.05, 4.69) is 5.32 Å². The summed E-state index contributed by atoms with van der Waals surface area (Å²) in [5, 5.41) is 15.2. The summed E-state index contributed by atoms with van der Waals surface area (Å²) in [7, 11) is 0. The van der Waals surface area contributed by atoms with Gasteiger partial charge in [-0.2, -0.15) is 4.57 Å². The van der Waals surface area contributed by atoms with Crippen LogP contribution in [-0.2, 0) is 0 Å². The Hall–Kier alpha value is -2.40. The van der Waals surface area contributed by atoms with Crippen LogP contribution >= 0.6 is 35.4 Å². The third kappa shape index (κ3) is 4.66. The van der Waals surface area contributed by atoms with Crippen LogP contribution < -0.4 is 9.88 Å². The Morgan fingerprint density at radius 3 is 2.52 bits per heavy atom. The Labute approximate surface area is 173 Å². The van der Waals surface area contributed by atoms with Gasteiger partial charge in [0, 0.05) is 27.9 Å². The van der Waals surface area contributed by atoms with Crippen LogP contribution in [0, 0.1) is 6.92 Å². The Morgan fingerprint density at radius 1 is 1.04 bits per heavy atom. The van der Waals surface area contributed by atoms with E-state index in [9.17, 15) is 5.11 Å². The highest BCUT2D eigenvalue weighted by Gasteiger charge is 2.25. The highest BCUT2D eigenvalue weighted by atomic mass is 35.5. The number of hydrogen-bond donors (Lipinski definition) is 2. The maximum absolute atomic E-state index is 11.0. The second-order valence-corrected chi connectivity index (χ2v) is 7.18. The number of rotatable bonds is 4. The predicted molar refractivity (Wildman–Crippen MR) is 116 cm³/mol. The van der Waals surface area contributed by atoms with Gasteiger partial charge < -0.3 is 10.4 Å². The number of nitrogens with one attached hydrogen (secondary N) is 1. The molecule has 2 aromatic carbocycles. The minimum absolute atomic E-state index is 0.0178. The van der Waals surface area contributed by atoms with Gasteiger partial charge in [-0.15, -0.1) is 0 Å². The number of aryl methyl sites for hydroxylation is 1. The van der Waals surface area contributed by atoms with E-state index in [-0.39, 0.29) is 5.76 Å². The van der Waals surface area contributed by atoms with E-state index in [0.717, 1.165) is 11.3 Å². The van der Waals surface area contributed by atoms with Gasteiger partial charge in [0.2, 0.25) is 5.76 Å². The molecule has 2 N–H and O–H groups in total. The van der Waals surface area contributed by atoms with E-state index in [1.165, 1.54) is 0 Å². The van der Waals surface area contributed by atoms with Crippen molar-refractivity contribution in [2.75, 3.05) is 5.32 Å². The number of benzene rings is 2. The third-order valence-corrected chi connectivity index (χ3v) is 4.72. The van der Waals surface area contributed by atoms with Crippen LogP contribution in [-0.4, -0.2) is 10.1 Å². The number of pyridine rings is 1. The molecule has 0 amide bonds. The molecule has 0 radical (unpaired) electrons. The molecule has 1 aromatic heterocycles. The fourth-order valence-electron chi connectivity index (χ4n) is 2.62. The molecule has 3 rings (SSSR count). The predicted octanol–water partition coefficient (Wildman–Crippen LogP) is 5.91. The zero-order valence-electron chi connectivity index (χ0n) is 14.5. The van der Waals surface area contributed by atoms with Gasteiger partial charge in [0.05, 0.1) is 5.02 Å². The molecule has 3 aromatic rings. The number of thiocarbonyl (C=S) groups is 1. The molecular formula is C21H17Cl2N2OS+. The lowest BCUT2D eigenvalue weighted by Crippen LogP contribution is -2.38. The monoisotopic (exact) mass is 415 g/mol. The molecule has 0 atom stereocenters. The highest BCUT2D eigenvalue weighted by Crippen LogP contribution is 2.26. The van der Waals surface area contributed by atoms with Gasteiger partial charge in [0.15, 0.2) is 17.4 Å². The van der Waals surface area contributed by atoms with Crippen molar-refractivity contribution in [2.24, 2.45) is 0 Å². The molecular weight excluding hydrogens is 399 g/mol. The first kappa shape index (κ1) is 19.4. The van der Waals surface area contributed by atoms with Gasteiger partial charge in [0.1, 0.15) is 0 Å². The molecule has 0 unspecified atom stereocenters. The van der Waals surface area contributed by atoms with Crippen LogP contribution in [0.3, 0.4) is 0 Å². The maximum atomic E-state index is 11.0. The lowest BCUT2D eigenvalue weighted by molar-refractivity contribution is -0.576. The Bertz CT molecular complexity index is 1030. The van der Waals surface area contributed by atoms with Gasteiger partial charge in [-0.1, -0.05) is 53.6 Å². The van der Waals surface area contributed by atoms with E-state index in [1.54, 1.807) is 34.9 Å². The second-order valence-electron chi connectivity index (χ2n) is 5.93. The minimum Gasteiger partial charge on any atom is -0.502 e. The Morgan fingerprint density at radius 2 is 1.81 bits per heavy atom. The summed E-state index contributed by atoms with van der Waals surface area (Å²) < 4.78 is 1.77. The molecule has 0 aliphatic heterocycles. The lowest BCUT2D eigenvalue weighted by atomic mass is 10.1. The molecule has 0 saturated heterocycles. The molecule has 0 saturated carbocycles. The zero-order chi connectivity index (χ0) is 19.4. The van der Waals surface area contributed by atoms with Crippen molar-refractivity contribution < 1.29 is 9.67 Å². The van der Waals surface area contributed by atoms with Crippen molar-refractivity contribution in [2.45, 2.75) is 6.92 Å². The van der Waals surface area contributed by atoms with Crippen molar-refractivity contribution in [1.82, 2.24) is 0 Å². The van der Waals surface area contributed by atoms with Crippen LogP contribution in [0.25, 0.3) is 11.5 Å². The molecule has 1 heterocycles. The highest BCUT2D eigenvalue weighted by molar-refractivity contribution is 7.81. The molecule has 0 aliphatic carbocycles. The second kappa shape index (κ2) is 8.53. The van der Waals surface area contributed by atoms with Crippen LogP contribution in [0.2, 0.25) is 10.0 Å². The van der Waals surface area contributed by atoms with E-state index < -0.39 is 0 Å². The SMILES string of the molecule is Cc1ccc[n+](C(C(=S)Nc2cccc(Cl)c2)=C(O)c2ccccc2Cl)c1. The summed E-state index contributed by atoms with van der Waals surface area (Å²) in [6.45, 7) is 1.97. The molecule has 6 heteroatoms. The standard InChI is InChI=1S/C21H16Cl2N2OS/c1-14-6-5-11-25(13-14)19(20(26)17-9-2-3-10-18(17)23)21(27)24-16-8-4-7-15(22)12-16/h2-13H,1H3,(H-,24,26,27)/p+1. The van der Waals surface area contributed by atoms with E-state index in [4.69, 9.17) is 35.4 Å². The Kier molecular flexibility index (Phi) is 6.11. The average Bonchev–Trinajstić information content (AvgIpc) is 2.62. The van der Waals surface area contributed by atoms with Gasteiger partial charge in [-0.05, 0) is 43.3 Å². The van der Waals surface area contributed by atoms with E-state index in [0.29, 0.717) is 26.3 Å². The van der Waals surface area contributed by atoms with Crippen molar-refractivity contribution in [3.8, 4) is 0 Å². The van der Waals surface area contributed by atoms with Gasteiger partial charge in [-0.3, -0.25) is 0 Å². The van der Waals surface area contributed by atoms with Crippen molar-refractivity contribution >= 4 is 57.6 Å². The summed E-state index contributed by atoms with van der Waals surface area (Å²) in [4.78, 5) is 0.338. The topological polar surface area (TPSA) is 36.1 Å². The number of halogens is 2. The van der Waals surface area contributed by atoms with E-state index in [1.807, 2.05) is 49.6 Å². The summed E-state index contributed by atoms with van der Waals surface area (Å²) in [6.07, 6.45) is 3.70. The fourth-order valence-corrected chi connectivity index (χ4v) is 3.35. The largest absolute Gasteiger partial charge is 0.502 e. The van der Waals surface area contributed by atoms with Crippen LogP contribution in [0.15, 0.2) is 73.1 Å².